The minimum atomic E-state index is -0.451. The molecule has 0 radical (unpaired) electrons. The summed E-state index contributed by atoms with van der Waals surface area (Å²) in [6, 6.07) is 11.9. The lowest BCUT2D eigenvalue weighted by Gasteiger charge is -2.28. The zero-order valence-electron chi connectivity index (χ0n) is 26.0. The number of likely N-dealkylation sites (tertiary alicyclic amines) is 1. The maximum atomic E-state index is 14.4. The number of nitrogens with zero attached hydrogens (tertiary/aromatic N) is 2. The van der Waals surface area contributed by atoms with Gasteiger partial charge in [0.1, 0.15) is 11.9 Å². The molecule has 1 saturated heterocycles. The van der Waals surface area contributed by atoms with Crippen LogP contribution in [0.15, 0.2) is 60.4 Å². The molecule has 10 heteroatoms. The number of hydrogen-bond donors (Lipinski definition) is 1. The second kappa shape index (κ2) is 14.4. The van der Waals surface area contributed by atoms with Crippen molar-refractivity contribution in [3.63, 3.8) is 0 Å². The third kappa shape index (κ3) is 7.69. The SMILES string of the molecule is COc1cc(/C=C2/C(C)=C(CC(=O)NCc3cccnc3)c3cc(F)ccc32)cc(OC)c1OCC(=O)OC1CCN(C)CC1. The lowest BCUT2D eigenvalue weighted by molar-refractivity contribution is -0.153. The third-order valence-corrected chi connectivity index (χ3v) is 8.10. The van der Waals surface area contributed by atoms with E-state index >= 15 is 0 Å². The summed E-state index contributed by atoms with van der Waals surface area (Å²) in [7, 11) is 5.07. The van der Waals surface area contributed by atoms with Crippen molar-refractivity contribution in [3.05, 3.63) is 88.5 Å². The van der Waals surface area contributed by atoms with Gasteiger partial charge in [-0.2, -0.15) is 0 Å². The number of methoxy groups -OCH3 is 2. The van der Waals surface area contributed by atoms with E-state index in [1.807, 2.05) is 32.2 Å². The number of carbonyl (C=O) groups is 2. The summed E-state index contributed by atoms with van der Waals surface area (Å²) in [4.78, 5) is 31.8. The van der Waals surface area contributed by atoms with Crippen molar-refractivity contribution in [3.8, 4) is 17.2 Å². The quantitative estimate of drug-likeness (QED) is 0.291. The fourth-order valence-corrected chi connectivity index (χ4v) is 5.65. The van der Waals surface area contributed by atoms with E-state index < -0.39 is 5.97 Å². The zero-order valence-corrected chi connectivity index (χ0v) is 26.0. The number of ether oxygens (including phenoxy) is 4. The molecular weight excluding hydrogens is 577 g/mol. The van der Waals surface area contributed by atoms with Crippen molar-refractivity contribution < 1.29 is 32.9 Å². The molecule has 0 unspecified atom stereocenters. The number of amides is 1. The topological polar surface area (TPSA) is 99.2 Å². The molecule has 1 aliphatic heterocycles. The van der Waals surface area contributed by atoms with Crippen LogP contribution >= 0.6 is 0 Å². The van der Waals surface area contributed by atoms with E-state index in [2.05, 4.69) is 15.2 Å². The second-order valence-electron chi connectivity index (χ2n) is 11.2. The van der Waals surface area contributed by atoms with Crippen LogP contribution < -0.4 is 19.5 Å². The first kappa shape index (κ1) is 31.7. The van der Waals surface area contributed by atoms with Crippen LogP contribution in [0.2, 0.25) is 0 Å². The average Bonchev–Trinajstić information content (AvgIpc) is 3.29. The third-order valence-electron chi connectivity index (χ3n) is 8.10. The summed E-state index contributed by atoms with van der Waals surface area (Å²) >= 11 is 0. The first-order valence-corrected chi connectivity index (χ1v) is 14.9. The summed E-state index contributed by atoms with van der Waals surface area (Å²) in [6.45, 7) is 3.75. The molecule has 45 heavy (non-hydrogen) atoms. The van der Waals surface area contributed by atoms with Gasteiger partial charge in [0.15, 0.2) is 18.1 Å². The number of nitrogens with one attached hydrogen (secondary N) is 1. The molecule has 5 rings (SSSR count). The highest BCUT2D eigenvalue weighted by Crippen LogP contribution is 2.45. The molecule has 1 fully saturated rings. The number of allylic oxidation sites excluding steroid dienone is 2. The Labute approximate surface area is 262 Å². The Morgan fingerprint density at radius 3 is 2.47 bits per heavy atom. The first-order chi connectivity index (χ1) is 21.7. The van der Waals surface area contributed by atoms with E-state index in [0.29, 0.717) is 23.6 Å². The van der Waals surface area contributed by atoms with Crippen LogP contribution in [0.4, 0.5) is 4.39 Å². The van der Waals surface area contributed by atoms with Crippen molar-refractivity contribution in [2.24, 2.45) is 0 Å². The van der Waals surface area contributed by atoms with Gasteiger partial charge in [-0.3, -0.25) is 9.78 Å². The molecule has 0 spiro atoms. The number of aromatic nitrogens is 1. The molecule has 3 aromatic rings. The lowest BCUT2D eigenvalue weighted by Crippen LogP contribution is -2.36. The molecule has 1 amide bonds. The standard InChI is InChI=1S/C35H38FN3O6/c1-22-28(27-8-7-25(36)17-30(27)29(22)18-33(40)38-20-23-6-5-11-37-19-23)14-24-15-31(42-3)35(32(16-24)43-4)44-21-34(41)45-26-9-12-39(2)13-10-26/h5-8,11,14-17,19,26H,9-10,12-13,18,20-21H2,1-4H3,(H,38,40)/b28-14-. The Kier molecular flexibility index (Phi) is 10.1. The number of pyridine rings is 1. The van der Waals surface area contributed by atoms with Crippen LogP contribution in [-0.4, -0.2) is 68.8 Å². The number of benzene rings is 2. The van der Waals surface area contributed by atoms with Gasteiger partial charge in [-0.05, 0) is 102 Å². The van der Waals surface area contributed by atoms with Crippen LogP contribution in [-0.2, 0) is 20.9 Å². The molecule has 2 aromatic carbocycles. The van der Waals surface area contributed by atoms with Crippen LogP contribution in [0.1, 0.15) is 48.4 Å². The predicted molar refractivity (Wildman–Crippen MR) is 169 cm³/mol. The van der Waals surface area contributed by atoms with E-state index in [-0.39, 0.29) is 36.6 Å². The molecule has 1 aromatic heterocycles. The Balaban J connectivity index is 1.36. The van der Waals surface area contributed by atoms with Crippen LogP contribution in [0.3, 0.4) is 0 Å². The Hall–Kier alpha value is -4.70. The highest BCUT2D eigenvalue weighted by Gasteiger charge is 2.27. The predicted octanol–water partition coefficient (Wildman–Crippen LogP) is 5.29. The molecule has 1 aliphatic carbocycles. The number of hydrogen-bond acceptors (Lipinski definition) is 8. The Morgan fingerprint density at radius 2 is 1.80 bits per heavy atom. The van der Waals surface area contributed by atoms with Crippen molar-refractivity contribution in [2.75, 3.05) is 41.0 Å². The van der Waals surface area contributed by atoms with E-state index in [9.17, 15) is 14.0 Å². The Morgan fingerprint density at radius 1 is 1.07 bits per heavy atom. The molecule has 2 heterocycles. The van der Waals surface area contributed by atoms with Gasteiger partial charge in [-0.1, -0.05) is 12.1 Å². The average molecular weight is 616 g/mol. The van der Waals surface area contributed by atoms with Crippen LogP contribution in [0, 0.1) is 5.82 Å². The van der Waals surface area contributed by atoms with Gasteiger partial charge < -0.3 is 29.2 Å². The molecular formula is C35H38FN3O6. The van der Waals surface area contributed by atoms with Gasteiger partial charge in [-0.15, -0.1) is 0 Å². The fourth-order valence-electron chi connectivity index (χ4n) is 5.65. The summed E-state index contributed by atoms with van der Waals surface area (Å²) in [5.41, 5.74) is 5.58. The van der Waals surface area contributed by atoms with Gasteiger partial charge in [-0.25, -0.2) is 9.18 Å². The fraction of sp³-hybridized carbons (Fsp3) is 0.343. The lowest BCUT2D eigenvalue weighted by atomic mass is 10.00. The van der Waals surface area contributed by atoms with E-state index in [1.165, 1.54) is 26.4 Å². The number of piperidine rings is 1. The minimum absolute atomic E-state index is 0.0902. The highest BCUT2D eigenvalue weighted by atomic mass is 19.1. The van der Waals surface area contributed by atoms with Crippen molar-refractivity contribution in [1.82, 2.24) is 15.2 Å². The number of esters is 1. The minimum Gasteiger partial charge on any atom is -0.493 e. The van der Waals surface area contributed by atoms with Gasteiger partial charge in [0.25, 0.3) is 0 Å². The summed E-state index contributed by atoms with van der Waals surface area (Å²) in [5, 5.41) is 2.93. The van der Waals surface area contributed by atoms with Gasteiger partial charge >= 0.3 is 5.97 Å². The Bertz CT molecular complexity index is 1590. The molecule has 0 bridgehead atoms. The maximum absolute atomic E-state index is 14.4. The van der Waals surface area contributed by atoms with E-state index in [4.69, 9.17) is 18.9 Å². The number of carbonyl (C=O) groups excluding carboxylic acids is 2. The van der Waals surface area contributed by atoms with Crippen LogP contribution in [0.5, 0.6) is 17.2 Å². The summed E-state index contributed by atoms with van der Waals surface area (Å²) in [6.07, 6.45) is 6.87. The van der Waals surface area contributed by atoms with Gasteiger partial charge in [0, 0.05) is 32.0 Å². The molecule has 2 aliphatic rings. The number of halogens is 1. The van der Waals surface area contributed by atoms with Gasteiger partial charge in [0.05, 0.1) is 20.6 Å². The summed E-state index contributed by atoms with van der Waals surface area (Å²) in [5.74, 6) is 0.0330. The van der Waals surface area contributed by atoms with Crippen molar-refractivity contribution >= 4 is 29.1 Å². The first-order valence-electron chi connectivity index (χ1n) is 14.9. The highest BCUT2D eigenvalue weighted by molar-refractivity contribution is 6.08. The normalized spacial score (nSPS) is 16.0. The zero-order chi connectivity index (χ0) is 31.9. The number of rotatable bonds is 11. The maximum Gasteiger partial charge on any atom is 0.344 e. The number of fused-ring (bicyclic) bond motifs is 1. The molecule has 0 saturated carbocycles. The van der Waals surface area contributed by atoms with E-state index in [0.717, 1.165) is 59.3 Å². The molecule has 0 atom stereocenters. The largest absolute Gasteiger partial charge is 0.493 e. The second-order valence-corrected chi connectivity index (χ2v) is 11.2. The molecule has 1 N–H and O–H groups in total. The van der Waals surface area contributed by atoms with E-state index in [1.54, 1.807) is 30.6 Å². The molecule has 236 valence electrons. The summed E-state index contributed by atoms with van der Waals surface area (Å²) < 4.78 is 37.1. The monoisotopic (exact) mass is 615 g/mol. The van der Waals surface area contributed by atoms with Crippen molar-refractivity contribution in [2.45, 2.75) is 38.8 Å². The molecule has 9 nitrogen and oxygen atoms in total. The van der Waals surface area contributed by atoms with Crippen molar-refractivity contribution in [1.29, 1.82) is 0 Å². The van der Waals surface area contributed by atoms with Crippen LogP contribution in [0.25, 0.3) is 17.2 Å². The smallest absolute Gasteiger partial charge is 0.344 e. The van der Waals surface area contributed by atoms with Gasteiger partial charge in [0.2, 0.25) is 11.7 Å².